The Labute approximate surface area is 190 Å². The average molecular weight is 465 g/mol. The van der Waals surface area contributed by atoms with Gasteiger partial charge in [-0.15, -0.1) is 0 Å². The third-order valence-electron chi connectivity index (χ3n) is 4.72. The standard InChI is InChI=1S/C23H32N2O6S/c1-23(2,3)18-9-7-8-10-20(18)31-14-13-24-22(26)16-25(32(6,27)28)19-15-17(29-4)11-12-21(19)30-5/h7-12,15H,13-14,16H2,1-6H3,(H,24,26). The van der Waals surface area contributed by atoms with Crippen molar-refractivity contribution in [1.29, 1.82) is 0 Å². The minimum absolute atomic E-state index is 0.0778. The third kappa shape index (κ3) is 6.78. The number of ether oxygens (including phenoxy) is 3. The van der Waals surface area contributed by atoms with E-state index < -0.39 is 22.5 Å². The summed E-state index contributed by atoms with van der Waals surface area (Å²) in [6, 6.07) is 12.5. The van der Waals surface area contributed by atoms with Crippen LogP contribution in [0.3, 0.4) is 0 Å². The number of carbonyl (C=O) groups is 1. The van der Waals surface area contributed by atoms with Crippen molar-refractivity contribution in [2.75, 3.05) is 44.5 Å². The first-order valence-corrected chi connectivity index (χ1v) is 12.0. The number of para-hydroxylation sites is 1. The maximum Gasteiger partial charge on any atom is 0.240 e. The number of sulfonamides is 1. The van der Waals surface area contributed by atoms with Gasteiger partial charge in [0.2, 0.25) is 15.9 Å². The molecule has 176 valence electrons. The molecule has 8 nitrogen and oxygen atoms in total. The number of hydrogen-bond donors (Lipinski definition) is 1. The smallest absolute Gasteiger partial charge is 0.240 e. The van der Waals surface area contributed by atoms with Gasteiger partial charge in [-0.1, -0.05) is 39.0 Å². The van der Waals surface area contributed by atoms with Crippen molar-refractivity contribution in [2.24, 2.45) is 0 Å². The zero-order chi connectivity index (χ0) is 23.9. The van der Waals surface area contributed by atoms with Crippen LogP contribution in [0.2, 0.25) is 0 Å². The monoisotopic (exact) mass is 464 g/mol. The molecule has 2 aromatic rings. The number of amides is 1. The van der Waals surface area contributed by atoms with Crippen LogP contribution < -0.4 is 23.8 Å². The molecular weight excluding hydrogens is 432 g/mol. The molecule has 0 fully saturated rings. The van der Waals surface area contributed by atoms with Gasteiger partial charge >= 0.3 is 0 Å². The highest BCUT2D eigenvalue weighted by atomic mass is 32.2. The molecule has 0 saturated carbocycles. The molecule has 0 saturated heterocycles. The number of carbonyl (C=O) groups excluding carboxylic acids is 1. The third-order valence-corrected chi connectivity index (χ3v) is 5.85. The summed E-state index contributed by atoms with van der Waals surface area (Å²) in [5, 5.41) is 2.71. The lowest BCUT2D eigenvalue weighted by atomic mass is 9.86. The fraction of sp³-hybridized carbons (Fsp3) is 0.435. The Hall–Kier alpha value is -2.94. The number of nitrogens with zero attached hydrogens (tertiary/aromatic N) is 1. The SMILES string of the molecule is COc1ccc(OC)c(N(CC(=O)NCCOc2ccccc2C(C)(C)C)S(C)(=O)=O)c1. The average Bonchev–Trinajstić information content (AvgIpc) is 2.73. The lowest BCUT2D eigenvalue weighted by Gasteiger charge is -2.24. The minimum Gasteiger partial charge on any atom is -0.497 e. The Bertz CT molecular complexity index is 1030. The molecule has 0 aliphatic heterocycles. The lowest BCUT2D eigenvalue weighted by molar-refractivity contribution is -0.119. The number of nitrogens with one attached hydrogen (secondary N) is 1. The van der Waals surface area contributed by atoms with Crippen molar-refractivity contribution in [3.63, 3.8) is 0 Å². The summed E-state index contributed by atoms with van der Waals surface area (Å²) in [6.45, 7) is 6.38. The molecule has 0 bridgehead atoms. The molecule has 0 aromatic heterocycles. The first kappa shape index (κ1) is 25.3. The molecule has 32 heavy (non-hydrogen) atoms. The molecule has 0 spiro atoms. The van der Waals surface area contributed by atoms with E-state index in [1.54, 1.807) is 12.1 Å². The second-order valence-corrected chi connectivity index (χ2v) is 10.2. The summed E-state index contributed by atoms with van der Waals surface area (Å²) in [5.41, 5.74) is 1.21. The summed E-state index contributed by atoms with van der Waals surface area (Å²) >= 11 is 0. The van der Waals surface area contributed by atoms with E-state index in [9.17, 15) is 13.2 Å². The Morgan fingerprint density at radius 1 is 1.03 bits per heavy atom. The van der Waals surface area contributed by atoms with Crippen LogP contribution in [0.1, 0.15) is 26.3 Å². The maximum absolute atomic E-state index is 12.5. The largest absolute Gasteiger partial charge is 0.497 e. The Kier molecular flexibility index (Phi) is 8.38. The molecule has 2 rings (SSSR count). The first-order chi connectivity index (χ1) is 15.0. The van der Waals surface area contributed by atoms with Gasteiger partial charge in [0.25, 0.3) is 0 Å². The molecule has 0 unspecified atom stereocenters. The number of anilines is 1. The van der Waals surface area contributed by atoms with E-state index in [1.807, 2.05) is 24.3 Å². The fourth-order valence-electron chi connectivity index (χ4n) is 3.12. The molecule has 0 aliphatic rings. The molecule has 0 heterocycles. The van der Waals surface area contributed by atoms with Crippen LogP contribution in [0.25, 0.3) is 0 Å². The molecule has 0 radical (unpaired) electrons. The van der Waals surface area contributed by atoms with E-state index in [4.69, 9.17) is 14.2 Å². The number of methoxy groups -OCH3 is 2. The topological polar surface area (TPSA) is 94.2 Å². The second kappa shape index (κ2) is 10.6. The zero-order valence-corrected chi connectivity index (χ0v) is 20.3. The predicted octanol–water partition coefficient (Wildman–Crippen LogP) is 2.96. The van der Waals surface area contributed by atoms with E-state index in [1.165, 1.54) is 20.3 Å². The fourth-order valence-corrected chi connectivity index (χ4v) is 3.97. The molecule has 9 heteroatoms. The van der Waals surface area contributed by atoms with Crippen LogP contribution in [0.5, 0.6) is 17.2 Å². The molecule has 1 N–H and O–H groups in total. The van der Waals surface area contributed by atoms with Crippen LogP contribution in [0.15, 0.2) is 42.5 Å². The van der Waals surface area contributed by atoms with Crippen LogP contribution >= 0.6 is 0 Å². The maximum atomic E-state index is 12.5. The number of rotatable bonds is 10. The summed E-state index contributed by atoms with van der Waals surface area (Å²) in [5.74, 6) is 1.05. The predicted molar refractivity (Wildman–Crippen MR) is 125 cm³/mol. The molecule has 0 aliphatic carbocycles. The van der Waals surface area contributed by atoms with Gasteiger partial charge < -0.3 is 19.5 Å². The lowest BCUT2D eigenvalue weighted by Crippen LogP contribution is -2.41. The van der Waals surface area contributed by atoms with E-state index >= 15 is 0 Å². The van der Waals surface area contributed by atoms with Crippen LogP contribution in [0.4, 0.5) is 5.69 Å². The second-order valence-electron chi connectivity index (χ2n) is 8.25. The van der Waals surface area contributed by atoms with Crippen molar-refractivity contribution in [2.45, 2.75) is 26.2 Å². The highest BCUT2D eigenvalue weighted by Crippen LogP contribution is 2.33. The number of benzene rings is 2. The summed E-state index contributed by atoms with van der Waals surface area (Å²) in [4.78, 5) is 12.5. The van der Waals surface area contributed by atoms with Gasteiger partial charge in [-0.25, -0.2) is 8.42 Å². The zero-order valence-electron chi connectivity index (χ0n) is 19.5. The normalized spacial score (nSPS) is 11.6. The Balaban J connectivity index is 2.05. The van der Waals surface area contributed by atoms with Crippen molar-refractivity contribution in [3.05, 3.63) is 48.0 Å². The van der Waals surface area contributed by atoms with Gasteiger partial charge in [0.05, 0.1) is 32.7 Å². The first-order valence-electron chi connectivity index (χ1n) is 10.2. The minimum atomic E-state index is -3.76. The van der Waals surface area contributed by atoms with Crippen LogP contribution in [0, 0.1) is 0 Å². The highest BCUT2D eigenvalue weighted by molar-refractivity contribution is 7.92. The Morgan fingerprint density at radius 2 is 1.72 bits per heavy atom. The van der Waals surface area contributed by atoms with Crippen LogP contribution in [-0.4, -0.2) is 54.5 Å². The van der Waals surface area contributed by atoms with E-state index in [2.05, 4.69) is 26.1 Å². The Morgan fingerprint density at radius 3 is 2.31 bits per heavy atom. The molecule has 2 aromatic carbocycles. The van der Waals surface area contributed by atoms with Crippen molar-refractivity contribution in [3.8, 4) is 17.2 Å². The van der Waals surface area contributed by atoms with Crippen LogP contribution in [-0.2, 0) is 20.2 Å². The summed E-state index contributed by atoms with van der Waals surface area (Å²) in [7, 11) is -0.858. The van der Waals surface area contributed by atoms with Gasteiger partial charge in [0.1, 0.15) is 30.4 Å². The summed E-state index contributed by atoms with van der Waals surface area (Å²) < 4.78 is 42.1. The van der Waals surface area contributed by atoms with Gasteiger partial charge in [-0.3, -0.25) is 9.10 Å². The van der Waals surface area contributed by atoms with Crippen molar-refractivity contribution >= 4 is 21.6 Å². The van der Waals surface area contributed by atoms with Crippen molar-refractivity contribution in [1.82, 2.24) is 5.32 Å². The van der Waals surface area contributed by atoms with Gasteiger partial charge in [0, 0.05) is 6.07 Å². The molecule has 0 atom stereocenters. The van der Waals surface area contributed by atoms with E-state index in [0.29, 0.717) is 11.5 Å². The van der Waals surface area contributed by atoms with E-state index in [-0.39, 0.29) is 24.3 Å². The van der Waals surface area contributed by atoms with E-state index in [0.717, 1.165) is 21.9 Å². The molecule has 1 amide bonds. The number of hydrogen-bond acceptors (Lipinski definition) is 6. The van der Waals surface area contributed by atoms with Gasteiger partial charge in [-0.2, -0.15) is 0 Å². The van der Waals surface area contributed by atoms with Gasteiger partial charge in [0.15, 0.2) is 0 Å². The van der Waals surface area contributed by atoms with Gasteiger partial charge in [-0.05, 0) is 29.2 Å². The quantitative estimate of drug-likeness (QED) is 0.544. The summed E-state index contributed by atoms with van der Waals surface area (Å²) in [6.07, 6.45) is 1.03. The highest BCUT2D eigenvalue weighted by Gasteiger charge is 2.24. The molecular formula is C23H32N2O6S. The van der Waals surface area contributed by atoms with Crippen molar-refractivity contribution < 1.29 is 27.4 Å².